The number of H-pyrrole nitrogens is 1. The summed E-state index contributed by atoms with van der Waals surface area (Å²) in [6, 6.07) is 0.664. The van der Waals surface area contributed by atoms with Gasteiger partial charge in [0.2, 0.25) is 5.91 Å². The maximum atomic E-state index is 12.6. The molecular formula is C15H19F3N2O2. The normalized spacial score (nSPS) is 16.5. The molecule has 0 aliphatic heterocycles. The molecule has 0 unspecified atom stereocenters. The average Bonchev–Trinajstić information content (AvgIpc) is 2.47. The molecule has 22 heavy (non-hydrogen) atoms. The van der Waals surface area contributed by atoms with Gasteiger partial charge in [0, 0.05) is 12.6 Å². The number of carbonyl (C=O) groups excluding carboxylic acids is 1. The third-order valence-corrected chi connectivity index (χ3v) is 4.01. The van der Waals surface area contributed by atoms with Crippen LogP contribution >= 0.6 is 0 Å². The van der Waals surface area contributed by atoms with E-state index in [0.717, 1.165) is 12.8 Å². The summed E-state index contributed by atoms with van der Waals surface area (Å²) in [5, 5.41) is 2.28. The molecule has 0 atom stereocenters. The van der Waals surface area contributed by atoms with Crippen molar-refractivity contribution in [3.8, 4) is 0 Å². The second-order valence-electron chi connectivity index (χ2n) is 5.72. The first kappa shape index (κ1) is 16.6. The average molecular weight is 316 g/mol. The van der Waals surface area contributed by atoms with E-state index in [2.05, 4.69) is 5.32 Å². The number of anilines is 1. The minimum absolute atomic E-state index is 0.223. The molecule has 7 heteroatoms. The summed E-state index contributed by atoms with van der Waals surface area (Å²) in [5.74, 6) is 0.0784. The Balaban J connectivity index is 1.94. The third kappa shape index (κ3) is 4.61. The van der Waals surface area contributed by atoms with Crippen molar-refractivity contribution < 1.29 is 18.0 Å². The van der Waals surface area contributed by atoms with Gasteiger partial charge in [0.1, 0.15) is 5.69 Å². The Morgan fingerprint density at radius 1 is 1.27 bits per heavy atom. The molecule has 1 saturated carbocycles. The van der Waals surface area contributed by atoms with Gasteiger partial charge in [-0.15, -0.1) is 0 Å². The van der Waals surface area contributed by atoms with Crippen LogP contribution in [-0.2, 0) is 11.0 Å². The van der Waals surface area contributed by atoms with Crippen molar-refractivity contribution in [2.24, 2.45) is 5.92 Å². The number of alkyl halides is 3. The van der Waals surface area contributed by atoms with Crippen LogP contribution in [0.2, 0.25) is 0 Å². The molecule has 1 aromatic rings. The summed E-state index contributed by atoms with van der Waals surface area (Å²) in [7, 11) is 0. The van der Waals surface area contributed by atoms with E-state index in [9.17, 15) is 22.8 Å². The molecule has 0 radical (unpaired) electrons. The van der Waals surface area contributed by atoms with Crippen LogP contribution in [0.4, 0.5) is 18.9 Å². The molecule has 0 saturated heterocycles. The predicted octanol–water partition coefficient (Wildman–Crippen LogP) is 3.69. The second-order valence-corrected chi connectivity index (χ2v) is 5.72. The number of hydrogen-bond donors (Lipinski definition) is 2. The van der Waals surface area contributed by atoms with Gasteiger partial charge in [-0.05, 0) is 18.4 Å². The molecule has 0 aromatic carbocycles. The van der Waals surface area contributed by atoms with Gasteiger partial charge < -0.3 is 10.3 Å². The van der Waals surface area contributed by atoms with Crippen LogP contribution in [-0.4, -0.2) is 10.9 Å². The van der Waals surface area contributed by atoms with Gasteiger partial charge in [0.05, 0.1) is 5.56 Å². The van der Waals surface area contributed by atoms with Gasteiger partial charge in [-0.1, -0.05) is 32.1 Å². The highest BCUT2D eigenvalue weighted by molar-refractivity contribution is 5.90. The van der Waals surface area contributed by atoms with Crippen LogP contribution in [0.15, 0.2) is 17.1 Å². The van der Waals surface area contributed by atoms with E-state index in [0.29, 0.717) is 24.6 Å². The summed E-state index contributed by atoms with van der Waals surface area (Å²) in [4.78, 5) is 25.3. The monoisotopic (exact) mass is 316 g/mol. The third-order valence-electron chi connectivity index (χ3n) is 4.01. The largest absolute Gasteiger partial charge is 0.417 e. The first-order valence-electron chi connectivity index (χ1n) is 7.46. The lowest BCUT2D eigenvalue weighted by Crippen LogP contribution is -2.22. The van der Waals surface area contributed by atoms with Crippen molar-refractivity contribution >= 4 is 11.6 Å². The summed E-state index contributed by atoms with van der Waals surface area (Å²) in [6.07, 6.45) is 2.71. The second kappa shape index (κ2) is 6.98. The number of carbonyl (C=O) groups is 1. The van der Waals surface area contributed by atoms with Gasteiger partial charge in [-0.2, -0.15) is 13.2 Å². The van der Waals surface area contributed by atoms with Gasteiger partial charge in [-0.3, -0.25) is 9.59 Å². The predicted molar refractivity (Wildman–Crippen MR) is 76.5 cm³/mol. The number of aromatic amines is 1. The Hall–Kier alpha value is -1.79. The van der Waals surface area contributed by atoms with Crippen LogP contribution < -0.4 is 10.9 Å². The highest BCUT2D eigenvalue weighted by Gasteiger charge is 2.31. The van der Waals surface area contributed by atoms with Gasteiger partial charge in [0.15, 0.2) is 0 Å². The van der Waals surface area contributed by atoms with E-state index in [-0.39, 0.29) is 12.1 Å². The number of nitrogens with one attached hydrogen (secondary N) is 2. The standard InChI is InChI=1S/C15H19F3N2O2/c16-15(17,18)11-8-12(14(22)19-9-11)20-13(21)7-6-10-4-2-1-3-5-10/h8-10H,1-7H2,(H,19,22)(H,20,21). The van der Waals surface area contributed by atoms with Crippen LogP contribution in [0.3, 0.4) is 0 Å². The summed E-state index contributed by atoms with van der Waals surface area (Å²) >= 11 is 0. The maximum absolute atomic E-state index is 12.6. The fraction of sp³-hybridized carbons (Fsp3) is 0.600. The zero-order chi connectivity index (χ0) is 16.2. The Labute approximate surface area is 126 Å². The van der Waals surface area contributed by atoms with E-state index in [1.54, 1.807) is 0 Å². The lowest BCUT2D eigenvalue weighted by Gasteiger charge is -2.20. The number of pyridine rings is 1. The van der Waals surface area contributed by atoms with E-state index in [4.69, 9.17) is 0 Å². The molecule has 1 fully saturated rings. The summed E-state index contributed by atoms with van der Waals surface area (Å²) in [5.41, 5.74) is -2.09. The maximum Gasteiger partial charge on any atom is 0.417 e. The lowest BCUT2D eigenvalue weighted by molar-refractivity contribution is -0.137. The Kier molecular flexibility index (Phi) is 5.26. The van der Waals surface area contributed by atoms with Crippen molar-refractivity contribution in [2.45, 2.75) is 51.1 Å². The highest BCUT2D eigenvalue weighted by Crippen LogP contribution is 2.29. The van der Waals surface area contributed by atoms with E-state index in [1.165, 1.54) is 19.3 Å². The fourth-order valence-electron chi connectivity index (χ4n) is 2.76. The number of hydrogen-bond acceptors (Lipinski definition) is 2. The van der Waals surface area contributed by atoms with Crippen molar-refractivity contribution in [2.75, 3.05) is 5.32 Å². The quantitative estimate of drug-likeness (QED) is 0.890. The zero-order valence-corrected chi connectivity index (χ0v) is 12.1. The van der Waals surface area contributed by atoms with Crippen LogP contribution in [0.1, 0.15) is 50.5 Å². The summed E-state index contributed by atoms with van der Waals surface area (Å²) < 4.78 is 37.8. The van der Waals surface area contributed by atoms with Crippen molar-refractivity contribution in [1.82, 2.24) is 4.98 Å². The number of halogens is 3. The van der Waals surface area contributed by atoms with Gasteiger partial charge in [-0.25, -0.2) is 0 Å². The van der Waals surface area contributed by atoms with Crippen LogP contribution in [0.5, 0.6) is 0 Å². The topological polar surface area (TPSA) is 62.0 Å². The Bertz CT molecular complexity index is 575. The molecular weight excluding hydrogens is 297 g/mol. The molecule has 1 heterocycles. The zero-order valence-electron chi connectivity index (χ0n) is 12.1. The van der Waals surface area contributed by atoms with Crippen molar-refractivity contribution in [3.05, 3.63) is 28.2 Å². The molecule has 1 aliphatic carbocycles. The highest BCUT2D eigenvalue weighted by atomic mass is 19.4. The van der Waals surface area contributed by atoms with Crippen LogP contribution in [0.25, 0.3) is 0 Å². The smallest absolute Gasteiger partial charge is 0.327 e. The molecule has 1 aliphatic rings. The SMILES string of the molecule is O=C(CCC1CCCCC1)Nc1cc(C(F)(F)F)c[nH]c1=O. The molecule has 2 rings (SSSR count). The minimum Gasteiger partial charge on any atom is -0.327 e. The van der Waals surface area contributed by atoms with Crippen LogP contribution in [0, 0.1) is 5.92 Å². The van der Waals surface area contributed by atoms with Gasteiger partial charge >= 0.3 is 6.18 Å². The first-order chi connectivity index (χ1) is 10.4. The number of aromatic nitrogens is 1. The Morgan fingerprint density at radius 2 is 1.95 bits per heavy atom. The van der Waals surface area contributed by atoms with Crippen molar-refractivity contribution in [1.29, 1.82) is 0 Å². The Morgan fingerprint density at radius 3 is 2.59 bits per heavy atom. The van der Waals surface area contributed by atoms with E-state index < -0.39 is 23.2 Å². The van der Waals surface area contributed by atoms with Gasteiger partial charge in [0.25, 0.3) is 5.56 Å². The number of amides is 1. The molecule has 2 N–H and O–H groups in total. The van der Waals surface area contributed by atoms with E-state index >= 15 is 0 Å². The van der Waals surface area contributed by atoms with E-state index in [1.807, 2.05) is 4.98 Å². The summed E-state index contributed by atoms with van der Waals surface area (Å²) in [6.45, 7) is 0. The lowest BCUT2D eigenvalue weighted by atomic mass is 9.86. The minimum atomic E-state index is -4.56. The molecule has 1 aromatic heterocycles. The molecule has 0 bridgehead atoms. The first-order valence-corrected chi connectivity index (χ1v) is 7.46. The molecule has 122 valence electrons. The molecule has 4 nitrogen and oxygen atoms in total. The molecule has 1 amide bonds. The fourth-order valence-corrected chi connectivity index (χ4v) is 2.76. The van der Waals surface area contributed by atoms with Crippen molar-refractivity contribution in [3.63, 3.8) is 0 Å². The number of rotatable bonds is 4. The molecule has 0 spiro atoms.